The molecule has 6 heteroatoms. The predicted molar refractivity (Wildman–Crippen MR) is 88.3 cm³/mol. The summed E-state index contributed by atoms with van der Waals surface area (Å²) in [6.45, 7) is 0.322. The van der Waals surface area contributed by atoms with Gasteiger partial charge in [0, 0.05) is 10.2 Å². The van der Waals surface area contributed by atoms with Crippen LogP contribution in [0.25, 0.3) is 0 Å². The molecule has 0 fully saturated rings. The molecule has 4 nitrogen and oxygen atoms in total. The zero-order valence-electron chi connectivity index (χ0n) is 11.5. The van der Waals surface area contributed by atoms with E-state index in [1.807, 2.05) is 30.3 Å². The van der Waals surface area contributed by atoms with Gasteiger partial charge in [-0.05, 0) is 30.3 Å². The number of nitrogen functional groups attached to an aromatic ring is 1. The molecule has 0 bridgehead atoms. The Balaban J connectivity index is 1.95. The average Bonchev–Trinajstić information content (AvgIpc) is 2.47. The van der Waals surface area contributed by atoms with Crippen LogP contribution in [0.5, 0.6) is 11.5 Å². The van der Waals surface area contributed by atoms with E-state index < -0.39 is 10.8 Å². The van der Waals surface area contributed by atoms with Crippen LogP contribution < -0.4 is 15.2 Å². The lowest BCUT2D eigenvalue weighted by Crippen LogP contribution is -2.10. The molecule has 2 aromatic rings. The molecule has 0 amide bonds. The van der Waals surface area contributed by atoms with Gasteiger partial charge in [-0.15, -0.1) is 0 Å². The van der Waals surface area contributed by atoms with Crippen LogP contribution in [0.1, 0.15) is 0 Å². The van der Waals surface area contributed by atoms with Crippen LogP contribution in [-0.4, -0.2) is 23.7 Å². The lowest BCUT2D eigenvalue weighted by atomic mass is 10.3. The van der Waals surface area contributed by atoms with Crippen molar-refractivity contribution in [2.75, 3.05) is 25.2 Å². The molecule has 0 heterocycles. The van der Waals surface area contributed by atoms with E-state index in [1.54, 1.807) is 19.2 Å². The van der Waals surface area contributed by atoms with Crippen LogP contribution in [-0.2, 0) is 10.8 Å². The highest BCUT2D eigenvalue weighted by atomic mass is 79.9. The number of rotatable bonds is 6. The third-order valence-corrected chi connectivity index (χ3v) is 4.71. The second kappa shape index (κ2) is 7.47. The maximum atomic E-state index is 12.2. The summed E-state index contributed by atoms with van der Waals surface area (Å²) in [5, 5.41) is 0. The van der Waals surface area contributed by atoms with Crippen molar-refractivity contribution in [1.29, 1.82) is 0 Å². The molecule has 0 aliphatic rings. The normalized spacial score (nSPS) is 11.9. The van der Waals surface area contributed by atoms with Crippen LogP contribution in [0.4, 0.5) is 5.69 Å². The minimum absolute atomic E-state index is 0.322. The summed E-state index contributed by atoms with van der Waals surface area (Å²) in [5.41, 5.74) is 6.38. The minimum Gasteiger partial charge on any atom is -0.493 e. The Hall–Kier alpha value is -1.53. The van der Waals surface area contributed by atoms with Crippen molar-refractivity contribution in [3.05, 3.63) is 46.9 Å². The fraction of sp³-hybridized carbons (Fsp3) is 0.200. The maximum Gasteiger partial charge on any atom is 0.161 e. The highest BCUT2D eigenvalue weighted by Gasteiger charge is 2.09. The van der Waals surface area contributed by atoms with Crippen molar-refractivity contribution in [3.63, 3.8) is 0 Å². The average molecular weight is 370 g/mol. The van der Waals surface area contributed by atoms with Gasteiger partial charge in [-0.25, -0.2) is 0 Å². The number of hydrogen-bond donors (Lipinski definition) is 1. The maximum absolute atomic E-state index is 12.2. The number of ether oxygens (including phenoxy) is 2. The molecular weight excluding hydrogens is 354 g/mol. The van der Waals surface area contributed by atoms with Crippen molar-refractivity contribution in [2.24, 2.45) is 0 Å². The number of methoxy groups -OCH3 is 1. The summed E-state index contributed by atoms with van der Waals surface area (Å²) in [4.78, 5) is 0.627. The van der Waals surface area contributed by atoms with Gasteiger partial charge in [0.25, 0.3) is 0 Å². The molecule has 0 aliphatic heterocycles. The van der Waals surface area contributed by atoms with E-state index in [0.29, 0.717) is 34.4 Å². The summed E-state index contributed by atoms with van der Waals surface area (Å²) < 4.78 is 23.9. The van der Waals surface area contributed by atoms with Crippen molar-refractivity contribution in [1.82, 2.24) is 0 Å². The first-order chi connectivity index (χ1) is 10.1. The molecular formula is C15H16BrNO3S. The van der Waals surface area contributed by atoms with E-state index in [4.69, 9.17) is 15.2 Å². The molecule has 1 atom stereocenters. The first-order valence-electron chi connectivity index (χ1n) is 6.31. The summed E-state index contributed by atoms with van der Waals surface area (Å²) in [6.07, 6.45) is 0. The molecule has 2 N–H and O–H groups in total. The Morgan fingerprint density at radius 1 is 1.19 bits per heavy atom. The number of hydrogen-bond acceptors (Lipinski definition) is 4. The van der Waals surface area contributed by atoms with Crippen LogP contribution in [0.15, 0.2) is 51.8 Å². The number of anilines is 1. The smallest absolute Gasteiger partial charge is 0.161 e. The van der Waals surface area contributed by atoms with Gasteiger partial charge in [-0.3, -0.25) is 4.21 Å². The predicted octanol–water partition coefficient (Wildman–Crippen LogP) is 3.23. The van der Waals surface area contributed by atoms with E-state index in [2.05, 4.69) is 15.9 Å². The molecule has 2 rings (SSSR count). The quantitative estimate of drug-likeness (QED) is 0.794. The van der Waals surface area contributed by atoms with E-state index in [1.165, 1.54) is 0 Å². The Morgan fingerprint density at radius 3 is 2.57 bits per heavy atom. The van der Waals surface area contributed by atoms with Gasteiger partial charge in [-0.1, -0.05) is 28.1 Å². The molecule has 0 aliphatic carbocycles. The molecule has 0 saturated heterocycles. The van der Waals surface area contributed by atoms with E-state index in [0.717, 1.165) is 4.47 Å². The Morgan fingerprint density at radius 2 is 1.90 bits per heavy atom. The highest BCUT2D eigenvalue weighted by molar-refractivity contribution is 9.10. The van der Waals surface area contributed by atoms with Gasteiger partial charge in [0.1, 0.15) is 6.61 Å². The van der Waals surface area contributed by atoms with Crippen molar-refractivity contribution in [2.45, 2.75) is 4.90 Å². The van der Waals surface area contributed by atoms with Crippen LogP contribution in [0, 0.1) is 0 Å². The second-order valence-electron chi connectivity index (χ2n) is 4.23. The van der Waals surface area contributed by atoms with Crippen molar-refractivity contribution < 1.29 is 13.7 Å². The van der Waals surface area contributed by atoms with Gasteiger partial charge in [0.15, 0.2) is 11.5 Å². The molecule has 21 heavy (non-hydrogen) atoms. The third-order valence-electron chi connectivity index (χ3n) is 2.81. The summed E-state index contributed by atoms with van der Waals surface area (Å²) in [5.74, 6) is 1.66. The Labute approximate surface area is 134 Å². The molecule has 112 valence electrons. The van der Waals surface area contributed by atoms with Crippen LogP contribution in [0.2, 0.25) is 0 Å². The van der Waals surface area contributed by atoms with E-state index in [9.17, 15) is 4.21 Å². The second-order valence-corrected chi connectivity index (χ2v) is 6.69. The molecule has 0 radical (unpaired) electrons. The minimum atomic E-state index is -1.20. The Kier molecular flexibility index (Phi) is 5.64. The highest BCUT2D eigenvalue weighted by Crippen LogP contribution is 2.26. The molecule has 0 saturated carbocycles. The fourth-order valence-electron chi connectivity index (χ4n) is 1.80. The van der Waals surface area contributed by atoms with Gasteiger partial charge in [0.2, 0.25) is 0 Å². The van der Waals surface area contributed by atoms with Gasteiger partial charge >= 0.3 is 0 Å². The summed E-state index contributed by atoms with van der Waals surface area (Å²) >= 11 is 3.33. The third kappa shape index (κ3) is 4.22. The van der Waals surface area contributed by atoms with Gasteiger partial charge in [-0.2, -0.15) is 0 Å². The topological polar surface area (TPSA) is 61.5 Å². The van der Waals surface area contributed by atoms with Crippen LogP contribution in [0.3, 0.4) is 0 Å². The monoisotopic (exact) mass is 369 g/mol. The van der Waals surface area contributed by atoms with Crippen molar-refractivity contribution in [3.8, 4) is 11.5 Å². The fourth-order valence-corrected chi connectivity index (χ4v) is 3.18. The first kappa shape index (κ1) is 15.9. The largest absolute Gasteiger partial charge is 0.493 e. The zero-order chi connectivity index (χ0) is 15.2. The zero-order valence-corrected chi connectivity index (χ0v) is 13.9. The molecule has 0 spiro atoms. The lowest BCUT2D eigenvalue weighted by molar-refractivity contribution is 0.313. The van der Waals surface area contributed by atoms with Crippen LogP contribution >= 0.6 is 15.9 Å². The molecule has 0 aromatic heterocycles. The first-order valence-corrected chi connectivity index (χ1v) is 8.42. The SMILES string of the molecule is COc1ccccc1OCCS(=O)c1ccc(Br)cc1N. The van der Waals surface area contributed by atoms with E-state index >= 15 is 0 Å². The van der Waals surface area contributed by atoms with Gasteiger partial charge < -0.3 is 15.2 Å². The standard InChI is InChI=1S/C15H16BrNO3S/c1-19-13-4-2-3-5-14(13)20-8-9-21(18)15-7-6-11(16)10-12(15)17/h2-7,10H,8-9,17H2,1H3. The Bertz CT molecular complexity index is 649. The summed E-state index contributed by atoms with van der Waals surface area (Å²) in [7, 11) is 0.389. The summed E-state index contributed by atoms with van der Waals surface area (Å²) in [6, 6.07) is 12.7. The number of para-hydroxylation sites is 2. The van der Waals surface area contributed by atoms with Crippen molar-refractivity contribution >= 4 is 32.4 Å². The number of benzene rings is 2. The molecule has 1 unspecified atom stereocenters. The number of nitrogens with two attached hydrogens (primary N) is 1. The van der Waals surface area contributed by atoms with E-state index in [-0.39, 0.29) is 0 Å². The lowest BCUT2D eigenvalue weighted by Gasteiger charge is -2.10. The van der Waals surface area contributed by atoms with Gasteiger partial charge in [0.05, 0.1) is 28.6 Å². The molecule has 2 aromatic carbocycles. The number of halogens is 1.